The van der Waals surface area contributed by atoms with E-state index in [2.05, 4.69) is 89.3 Å². The van der Waals surface area contributed by atoms with Gasteiger partial charge in [-0.2, -0.15) is 0 Å². The van der Waals surface area contributed by atoms with Crippen molar-refractivity contribution in [1.82, 2.24) is 20.0 Å². The van der Waals surface area contributed by atoms with Crippen molar-refractivity contribution in [3.63, 3.8) is 0 Å². The summed E-state index contributed by atoms with van der Waals surface area (Å²) in [6.45, 7) is 13.6. The van der Waals surface area contributed by atoms with Gasteiger partial charge >= 0.3 is 137 Å². The summed E-state index contributed by atoms with van der Waals surface area (Å²) in [6, 6.07) is 1.68. The van der Waals surface area contributed by atoms with Gasteiger partial charge in [-0.3, -0.25) is 0 Å². The number of hydrogen-bond donors (Lipinski definition) is 1. The van der Waals surface area contributed by atoms with E-state index in [1.54, 1.807) is 0 Å². The Morgan fingerprint density at radius 2 is 1.43 bits per heavy atom. The average Bonchev–Trinajstić information content (AvgIpc) is 2.33. The number of halogens is 3. The number of rotatable bonds is 0. The largest absolute Gasteiger partial charge is 1.00 e. The van der Waals surface area contributed by atoms with E-state index >= 15 is 0 Å². The minimum atomic E-state index is 0. The third kappa shape index (κ3) is 9.62. The van der Waals surface area contributed by atoms with Gasteiger partial charge in [-0.05, 0) is 0 Å². The van der Waals surface area contributed by atoms with Crippen molar-refractivity contribution < 1.29 is 57.7 Å². The van der Waals surface area contributed by atoms with Gasteiger partial charge in [-0.1, -0.05) is 0 Å². The van der Waals surface area contributed by atoms with Crippen molar-refractivity contribution >= 4 is 0 Å². The molecule has 1 aliphatic heterocycles. The summed E-state index contributed by atoms with van der Waals surface area (Å²) < 4.78 is 0.197. The number of hydrogen-bond acceptors (Lipinski definition) is 4. The Morgan fingerprint density at radius 3 is 1.96 bits per heavy atom. The van der Waals surface area contributed by atoms with Gasteiger partial charge in [0, 0.05) is 0 Å². The van der Waals surface area contributed by atoms with Crippen LogP contribution < -0.4 is 42.5 Å². The zero-order valence-electron chi connectivity index (χ0n) is 15.5. The number of nitrogens with one attached hydrogen (secondary N) is 1. The van der Waals surface area contributed by atoms with Crippen LogP contribution in [-0.4, -0.2) is 84.0 Å². The van der Waals surface area contributed by atoms with Crippen molar-refractivity contribution in [2.75, 3.05) is 47.3 Å². The first kappa shape index (κ1) is 29.2. The van der Waals surface area contributed by atoms with Crippen molar-refractivity contribution in [2.24, 2.45) is 0 Å². The summed E-state index contributed by atoms with van der Waals surface area (Å²) in [4.78, 5) is 7.46. The maximum Gasteiger partial charge on any atom is -1.00 e. The van der Waals surface area contributed by atoms with E-state index in [0.717, 1.165) is 26.2 Å². The minimum absolute atomic E-state index is 0. The maximum absolute atomic E-state index is 3.67. The molecule has 1 aliphatic rings. The van der Waals surface area contributed by atoms with E-state index in [9.17, 15) is 0 Å². The fourth-order valence-corrected chi connectivity index (χ4v) is 3.24. The van der Waals surface area contributed by atoms with Gasteiger partial charge in [0.25, 0.3) is 0 Å². The van der Waals surface area contributed by atoms with E-state index in [1.165, 1.54) is 0 Å². The molecule has 4 atom stereocenters. The first-order valence-corrected chi connectivity index (χ1v) is 8.51. The molecule has 0 aromatic heterocycles. The summed E-state index contributed by atoms with van der Waals surface area (Å²) in [7, 11) is 6.75. The monoisotopic (exact) mass is 422 g/mol. The molecule has 0 aromatic carbocycles. The second-order valence-corrected chi connectivity index (χ2v) is 8.70. The molecule has 0 aliphatic carbocycles. The summed E-state index contributed by atoms with van der Waals surface area (Å²) in [6.07, 6.45) is 0. The van der Waals surface area contributed by atoms with Crippen molar-refractivity contribution in [1.29, 1.82) is 0 Å². The molecular weight excluding hydrogens is 390 g/mol. The Morgan fingerprint density at radius 1 is 0.913 bits per heavy atom. The molecule has 4 unspecified atom stereocenters. The smallest absolute Gasteiger partial charge is 1.00 e. The van der Waals surface area contributed by atoms with Crippen LogP contribution in [0.3, 0.4) is 0 Å². The van der Waals surface area contributed by atoms with E-state index in [0.29, 0.717) is 18.1 Å². The molecule has 0 bridgehead atoms. The average molecular weight is 424 g/mol. The van der Waals surface area contributed by atoms with E-state index in [1.807, 2.05) is 0 Å². The molecule has 1 saturated heterocycles. The molecule has 0 amide bonds. The van der Waals surface area contributed by atoms with Crippen LogP contribution in [0.5, 0.6) is 0 Å². The number of likely N-dealkylation sites (N-methyl/N-ethyl adjacent to an activating group) is 3. The van der Waals surface area contributed by atoms with Crippen molar-refractivity contribution in [3.05, 3.63) is 0 Å². The summed E-state index contributed by atoms with van der Waals surface area (Å²) in [5, 5.41) is 3.67. The summed E-state index contributed by atoms with van der Waals surface area (Å²) in [5.74, 6) is 0. The van der Waals surface area contributed by atoms with Crippen molar-refractivity contribution in [3.8, 4) is 0 Å². The Labute approximate surface area is 174 Å². The Hall–Kier alpha value is 1.42. The SMILES string of the molecule is CC1CN(C)C(C)CN(C)[C](C)([Ti+3])CN(C)C(C)CN1.[Cl-].[Cl-].[Cl-]. The topological polar surface area (TPSA) is 21.8 Å². The standard InChI is InChI=1S/C15H33N4.3ClH.Ti/c1-12-9-17(5)14(3)11-19(7)15(4)10-18(6)13(2)8-16-12;;;;/h12-14,16H,8-11H2,1-7H3;3*1H;/q;;;;+3/p-3. The molecule has 1 heterocycles. The van der Waals surface area contributed by atoms with Crippen LogP contribution in [0.4, 0.5) is 0 Å². The Balaban J connectivity index is -0.00000133. The van der Waals surface area contributed by atoms with Crippen LogP contribution in [0, 0.1) is 0 Å². The fraction of sp³-hybridized carbons (Fsp3) is 1.00. The molecule has 23 heavy (non-hydrogen) atoms. The number of nitrogens with zero attached hydrogens (tertiary/aromatic N) is 3. The summed E-state index contributed by atoms with van der Waals surface area (Å²) >= 11 is 2.35. The van der Waals surface area contributed by atoms with Crippen LogP contribution in [0.1, 0.15) is 27.7 Å². The maximum atomic E-state index is 3.67. The second-order valence-electron chi connectivity index (χ2n) is 7.02. The molecule has 0 radical (unpaired) electrons. The molecule has 1 fully saturated rings. The molecular formula is C15H33Cl3N4Ti. The van der Waals surface area contributed by atoms with E-state index in [4.69, 9.17) is 0 Å². The molecule has 1 N–H and O–H groups in total. The third-order valence-corrected chi connectivity index (χ3v) is 5.61. The van der Waals surface area contributed by atoms with Gasteiger partial charge < -0.3 is 37.2 Å². The van der Waals surface area contributed by atoms with Crippen LogP contribution in [0.2, 0.25) is 0 Å². The predicted octanol–water partition coefficient (Wildman–Crippen LogP) is -8.17. The first-order chi connectivity index (χ1) is 9.13. The second kappa shape index (κ2) is 12.7. The van der Waals surface area contributed by atoms with Crippen LogP contribution in [0.25, 0.3) is 0 Å². The van der Waals surface area contributed by atoms with Gasteiger partial charge in [-0.15, -0.1) is 0 Å². The van der Waals surface area contributed by atoms with Crippen LogP contribution in [0.15, 0.2) is 0 Å². The van der Waals surface area contributed by atoms with Gasteiger partial charge in [0.2, 0.25) is 0 Å². The normalized spacial score (nSPS) is 35.8. The Bertz CT molecular complexity index is 310. The summed E-state index contributed by atoms with van der Waals surface area (Å²) in [5.41, 5.74) is 0. The van der Waals surface area contributed by atoms with Gasteiger partial charge in [0.1, 0.15) is 0 Å². The molecule has 8 heteroatoms. The third-order valence-electron chi connectivity index (χ3n) is 4.77. The first-order valence-electron chi connectivity index (χ1n) is 7.73. The quantitative estimate of drug-likeness (QED) is 0.391. The van der Waals surface area contributed by atoms with Gasteiger partial charge in [0.05, 0.1) is 0 Å². The molecule has 138 valence electrons. The molecule has 4 nitrogen and oxygen atoms in total. The molecule has 0 spiro atoms. The zero-order chi connectivity index (χ0) is 15.5. The molecule has 1 rings (SSSR count). The molecule has 0 aromatic rings. The zero-order valence-corrected chi connectivity index (χ0v) is 19.4. The van der Waals surface area contributed by atoms with Crippen LogP contribution in [-0.2, 0) is 20.4 Å². The van der Waals surface area contributed by atoms with E-state index < -0.39 is 0 Å². The minimum Gasteiger partial charge on any atom is -1.00 e. The Kier molecular flexibility index (Phi) is 16.2. The van der Waals surface area contributed by atoms with E-state index in [-0.39, 0.29) is 41.1 Å². The van der Waals surface area contributed by atoms with Gasteiger partial charge in [0.15, 0.2) is 0 Å². The molecule has 0 saturated carbocycles. The van der Waals surface area contributed by atoms with Gasteiger partial charge in [-0.25, -0.2) is 0 Å². The predicted molar refractivity (Wildman–Crippen MR) is 82.7 cm³/mol. The fourth-order valence-electron chi connectivity index (χ4n) is 2.70. The van der Waals surface area contributed by atoms with Crippen LogP contribution >= 0.6 is 0 Å². The van der Waals surface area contributed by atoms with Crippen molar-refractivity contribution in [2.45, 2.75) is 49.7 Å².